The molecule has 0 aromatic carbocycles. The summed E-state index contributed by atoms with van der Waals surface area (Å²) in [6.45, 7) is 3.59. The first-order chi connectivity index (χ1) is 15.6. The number of nitrogens with one attached hydrogen (secondary N) is 3. The second kappa shape index (κ2) is 8.45. The molecule has 0 aliphatic heterocycles. The van der Waals surface area contributed by atoms with Crippen molar-refractivity contribution in [3.63, 3.8) is 0 Å². The first-order valence-electron chi connectivity index (χ1n) is 10.7. The van der Waals surface area contributed by atoms with Crippen LogP contribution < -0.4 is 10.6 Å². The summed E-state index contributed by atoms with van der Waals surface area (Å²) in [4.78, 5) is 29.0. The standard InChI is InChI=1S/C22H24FN9/c1-12-6-7-25-22(28-12)31-15-5-3-4-14(8-15)30-21-18(23)13(2)29-20(32-21)17-10-26-19-16(17)9-24-11-27-19/h6-7,9-11,14-15H,3-5,8H2,1-2H3,(H,24,26,27)(H,25,28,31)(H,29,30,32)/t14-,15+/m0/s1. The lowest BCUT2D eigenvalue weighted by molar-refractivity contribution is 0.423. The molecule has 164 valence electrons. The summed E-state index contributed by atoms with van der Waals surface area (Å²) in [5.41, 5.74) is 2.64. The number of hydrogen-bond donors (Lipinski definition) is 3. The average molecular weight is 433 g/mol. The second-order valence-electron chi connectivity index (χ2n) is 8.15. The number of aromatic amines is 1. The largest absolute Gasteiger partial charge is 0.365 e. The lowest BCUT2D eigenvalue weighted by atomic mass is 9.91. The lowest BCUT2D eigenvalue weighted by Gasteiger charge is -2.30. The predicted molar refractivity (Wildman–Crippen MR) is 120 cm³/mol. The summed E-state index contributed by atoms with van der Waals surface area (Å²) < 4.78 is 14.9. The molecule has 0 amide bonds. The van der Waals surface area contributed by atoms with E-state index in [2.05, 4.69) is 45.5 Å². The van der Waals surface area contributed by atoms with Crippen LogP contribution in [0, 0.1) is 19.7 Å². The summed E-state index contributed by atoms with van der Waals surface area (Å²) in [6, 6.07) is 2.15. The quantitative estimate of drug-likeness (QED) is 0.435. The van der Waals surface area contributed by atoms with Gasteiger partial charge in [0.25, 0.3) is 0 Å². The zero-order valence-corrected chi connectivity index (χ0v) is 17.9. The molecule has 32 heavy (non-hydrogen) atoms. The maximum absolute atomic E-state index is 14.9. The minimum atomic E-state index is -0.429. The van der Waals surface area contributed by atoms with E-state index in [-0.39, 0.29) is 17.9 Å². The molecule has 2 atom stereocenters. The highest BCUT2D eigenvalue weighted by molar-refractivity contribution is 5.91. The van der Waals surface area contributed by atoms with E-state index in [0.29, 0.717) is 23.1 Å². The van der Waals surface area contributed by atoms with Gasteiger partial charge in [0.15, 0.2) is 17.5 Å². The van der Waals surface area contributed by atoms with E-state index in [1.54, 1.807) is 25.5 Å². The van der Waals surface area contributed by atoms with E-state index in [0.717, 1.165) is 42.3 Å². The van der Waals surface area contributed by atoms with Crippen LogP contribution in [0.1, 0.15) is 37.1 Å². The molecule has 5 rings (SSSR count). The molecule has 3 N–H and O–H groups in total. The van der Waals surface area contributed by atoms with Gasteiger partial charge in [0.05, 0.1) is 5.69 Å². The fourth-order valence-electron chi connectivity index (χ4n) is 4.17. The van der Waals surface area contributed by atoms with Crippen molar-refractivity contribution in [1.29, 1.82) is 0 Å². The molecule has 1 aliphatic carbocycles. The van der Waals surface area contributed by atoms with Gasteiger partial charge in [-0.2, -0.15) is 0 Å². The maximum atomic E-state index is 14.9. The molecule has 0 radical (unpaired) electrons. The molecule has 10 heteroatoms. The summed E-state index contributed by atoms with van der Waals surface area (Å²) in [5.74, 6) is 0.854. The Morgan fingerprint density at radius 1 is 1.06 bits per heavy atom. The van der Waals surface area contributed by atoms with Crippen molar-refractivity contribution < 1.29 is 4.39 Å². The van der Waals surface area contributed by atoms with Crippen molar-refractivity contribution in [1.82, 2.24) is 34.9 Å². The fraction of sp³-hybridized carbons (Fsp3) is 0.364. The van der Waals surface area contributed by atoms with Gasteiger partial charge >= 0.3 is 0 Å². The maximum Gasteiger partial charge on any atom is 0.223 e. The van der Waals surface area contributed by atoms with Gasteiger partial charge in [-0.05, 0) is 45.6 Å². The van der Waals surface area contributed by atoms with Crippen molar-refractivity contribution in [2.75, 3.05) is 10.6 Å². The third-order valence-electron chi connectivity index (χ3n) is 5.76. The lowest BCUT2D eigenvalue weighted by Crippen LogP contribution is -2.35. The van der Waals surface area contributed by atoms with Crippen LogP contribution in [-0.4, -0.2) is 47.0 Å². The molecule has 0 bridgehead atoms. The molecule has 0 spiro atoms. The van der Waals surface area contributed by atoms with Crippen molar-refractivity contribution in [2.45, 2.75) is 51.6 Å². The molecule has 1 saturated carbocycles. The highest BCUT2D eigenvalue weighted by Gasteiger charge is 2.25. The molecular formula is C22H24FN9. The summed E-state index contributed by atoms with van der Waals surface area (Å²) in [6.07, 6.45) is 10.5. The van der Waals surface area contributed by atoms with E-state index < -0.39 is 5.82 Å². The molecule has 0 unspecified atom stereocenters. The van der Waals surface area contributed by atoms with Gasteiger partial charge in [-0.25, -0.2) is 34.3 Å². The molecule has 9 nitrogen and oxygen atoms in total. The number of aryl methyl sites for hydroxylation is 2. The Kier molecular flexibility index (Phi) is 5.34. The van der Waals surface area contributed by atoms with Crippen LogP contribution in [0.4, 0.5) is 16.2 Å². The molecule has 1 fully saturated rings. The Bertz CT molecular complexity index is 1260. The SMILES string of the molecule is Cc1ccnc(N[C@@H]2CCC[C@H](Nc3nc(-c4c[nH]c5ncncc45)nc(C)c3F)C2)n1. The zero-order chi connectivity index (χ0) is 22.1. The van der Waals surface area contributed by atoms with Crippen molar-refractivity contribution >= 4 is 22.8 Å². The van der Waals surface area contributed by atoms with Gasteiger partial charge in [-0.15, -0.1) is 0 Å². The van der Waals surface area contributed by atoms with Crippen LogP contribution in [0.25, 0.3) is 22.4 Å². The number of anilines is 2. The Balaban J connectivity index is 1.36. The van der Waals surface area contributed by atoms with Gasteiger partial charge in [0, 0.05) is 47.3 Å². The van der Waals surface area contributed by atoms with Gasteiger partial charge in [0.1, 0.15) is 12.0 Å². The number of halogens is 1. The Hall–Kier alpha value is -3.69. The minimum Gasteiger partial charge on any atom is -0.365 e. The zero-order valence-electron chi connectivity index (χ0n) is 17.9. The first kappa shape index (κ1) is 20.2. The van der Waals surface area contributed by atoms with Gasteiger partial charge < -0.3 is 15.6 Å². The van der Waals surface area contributed by atoms with Crippen molar-refractivity contribution in [3.8, 4) is 11.4 Å². The number of aromatic nitrogens is 7. The van der Waals surface area contributed by atoms with Crippen molar-refractivity contribution in [2.24, 2.45) is 0 Å². The normalized spacial score (nSPS) is 18.6. The molecule has 4 aromatic heterocycles. The molecule has 1 aliphatic rings. The third kappa shape index (κ3) is 4.08. The second-order valence-corrected chi connectivity index (χ2v) is 8.15. The number of H-pyrrole nitrogens is 1. The summed E-state index contributed by atoms with van der Waals surface area (Å²) >= 11 is 0. The van der Waals surface area contributed by atoms with Crippen LogP contribution >= 0.6 is 0 Å². The fourth-order valence-corrected chi connectivity index (χ4v) is 4.17. The smallest absolute Gasteiger partial charge is 0.223 e. The van der Waals surface area contributed by atoms with Crippen molar-refractivity contribution in [3.05, 3.63) is 48.2 Å². The van der Waals surface area contributed by atoms with Crippen LogP contribution in [0.5, 0.6) is 0 Å². The number of nitrogens with zero attached hydrogens (tertiary/aromatic N) is 6. The Morgan fingerprint density at radius 3 is 2.75 bits per heavy atom. The average Bonchev–Trinajstić information content (AvgIpc) is 3.21. The summed E-state index contributed by atoms with van der Waals surface area (Å²) in [7, 11) is 0. The highest BCUT2D eigenvalue weighted by Crippen LogP contribution is 2.29. The highest BCUT2D eigenvalue weighted by atomic mass is 19.1. The van der Waals surface area contributed by atoms with Crippen LogP contribution in [0.2, 0.25) is 0 Å². The Labute approximate surface area is 184 Å². The molecule has 0 saturated heterocycles. The van der Waals surface area contributed by atoms with Gasteiger partial charge in [-0.3, -0.25) is 0 Å². The molecular weight excluding hydrogens is 409 g/mol. The number of rotatable bonds is 5. The Morgan fingerprint density at radius 2 is 1.91 bits per heavy atom. The van der Waals surface area contributed by atoms with E-state index in [1.807, 2.05) is 13.0 Å². The van der Waals surface area contributed by atoms with E-state index in [1.165, 1.54) is 6.33 Å². The first-order valence-corrected chi connectivity index (χ1v) is 10.7. The minimum absolute atomic E-state index is 0.0778. The van der Waals surface area contributed by atoms with E-state index in [4.69, 9.17) is 0 Å². The third-order valence-corrected chi connectivity index (χ3v) is 5.76. The molecule has 4 aromatic rings. The topological polar surface area (TPSA) is 117 Å². The van der Waals surface area contributed by atoms with E-state index in [9.17, 15) is 4.39 Å². The molecule has 4 heterocycles. The number of hydrogen-bond acceptors (Lipinski definition) is 8. The van der Waals surface area contributed by atoms with Crippen LogP contribution in [0.3, 0.4) is 0 Å². The van der Waals surface area contributed by atoms with Gasteiger partial charge in [0.2, 0.25) is 5.95 Å². The monoisotopic (exact) mass is 433 g/mol. The van der Waals surface area contributed by atoms with Crippen LogP contribution in [0.15, 0.2) is 31.0 Å². The van der Waals surface area contributed by atoms with Gasteiger partial charge in [-0.1, -0.05) is 0 Å². The van der Waals surface area contributed by atoms with E-state index >= 15 is 0 Å². The predicted octanol–water partition coefficient (Wildman–Crippen LogP) is 3.80. The number of fused-ring (bicyclic) bond motifs is 1. The van der Waals surface area contributed by atoms with Crippen LogP contribution in [-0.2, 0) is 0 Å². The summed E-state index contributed by atoms with van der Waals surface area (Å²) in [5, 5.41) is 7.53.